The molecule has 2 heterocycles. The lowest BCUT2D eigenvalue weighted by Gasteiger charge is -1.89. The van der Waals surface area contributed by atoms with E-state index in [1.54, 1.807) is 6.20 Å². The van der Waals surface area contributed by atoms with E-state index in [-0.39, 0.29) is 0 Å². The van der Waals surface area contributed by atoms with E-state index >= 15 is 0 Å². The zero-order chi connectivity index (χ0) is 9.26. The molecule has 0 aliphatic rings. The molecule has 0 aliphatic carbocycles. The number of nitrogens with zero attached hydrogens (tertiary/aromatic N) is 1. The molecule has 0 aliphatic heterocycles. The fourth-order valence-electron chi connectivity index (χ4n) is 1.13. The second-order valence-corrected chi connectivity index (χ2v) is 3.05. The Hall–Kier alpha value is -1.22. The van der Waals surface area contributed by atoms with Gasteiger partial charge in [-0.15, -0.1) is 11.6 Å². The Labute approximate surface area is 80.7 Å². The van der Waals surface area contributed by atoms with E-state index in [1.807, 2.05) is 19.1 Å². The monoisotopic (exact) mass is 196 g/mol. The summed E-state index contributed by atoms with van der Waals surface area (Å²) < 4.78 is 5.41. The van der Waals surface area contributed by atoms with Crippen molar-refractivity contribution in [2.24, 2.45) is 0 Å². The van der Waals surface area contributed by atoms with E-state index in [4.69, 9.17) is 16.0 Å². The first-order valence-electron chi connectivity index (χ1n) is 3.96. The summed E-state index contributed by atoms with van der Waals surface area (Å²) >= 11 is 5.61. The van der Waals surface area contributed by atoms with Gasteiger partial charge in [0.15, 0.2) is 5.76 Å². The maximum Gasteiger partial charge on any atom is 0.152 e. The van der Waals surface area contributed by atoms with Crippen molar-refractivity contribution in [2.45, 2.75) is 12.8 Å². The largest absolute Gasteiger partial charge is 0.460 e. The van der Waals surface area contributed by atoms with Crippen molar-refractivity contribution in [3.05, 3.63) is 29.9 Å². The summed E-state index contributed by atoms with van der Waals surface area (Å²) in [6.07, 6.45) is 1.72. The molecule has 0 amide bonds. The molecule has 13 heavy (non-hydrogen) atoms. The van der Waals surface area contributed by atoms with Gasteiger partial charge >= 0.3 is 0 Å². The molecule has 0 fully saturated rings. The van der Waals surface area contributed by atoms with Crippen molar-refractivity contribution < 1.29 is 4.42 Å². The molecule has 0 saturated carbocycles. The van der Waals surface area contributed by atoms with Crippen LogP contribution in [-0.4, -0.2) is 9.97 Å². The fraction of sp³-hybridized carbons (Fsp3) is 0.222. The van der Waals surface area contributed by atoms with Crippen LogP contribution in [0.4, 0.5) is 0 Å². The second-order valence-electron chi connectivity index (χ2n) is 2.79. The van der Waals surface area contributed by atoms with Crippen molar-refractivity contribution in [3.8, 4) is 11.5 Å². The number of rotatable bonds is 2. The number of aromatic nitrogens is 2. The number of alkyl halides is 1. The van der Waals surface area contributed by atoms with Crippen LogP contribution in [0.3, 0.4) is 0 Å². The van der Waals surface area contributed by atoms with Gasteiger partial charge in [-0.3, -0.25) is 0 Å². The molecule has 0 unspecified atom stereocenters. The highest BCUT2D eigenvalue weighted by Crippen LogP contribution is 2.19. The molecule has 0 saturated heterocycles. The van der Waals surface area contributed by atoms with Crippen molar-refractivity contribution >= 4 is 11.6 Å². The number of halogens is 1. The molecular formula is C9H9ClN2O. The normalized spacial score (nSPS) is 10.6. The SMILES string of the molecule is Cc1ccc(-c2cnc(CCl)[nH]2)o1. The van der Waals surface area contributed by atoms with Crippen LogP contribution in [0.2, 0.25) is 0 Å². The van der Waals surface area contributed by atoms with E-state index in [9.17, 15) is 0 Å². The third-order valence-electron chi connectivity index (χ3n) is 1.76. The Morgan fingerprint density at radius 3 is 2.92 bits per heavy atom. The summed E-state index contributed by atoms with van der Waals surface area (Å²) in [5, 5.41) is 0. The van der Waals surface area contributed by atoms with Gasteiger partial charge in [-0.05, 0) is 19.1 Å². The zero-order valence-electron chi connectivity index (χ0n) is 7.17. The number of imidazole rings is 1. The topological polar surface area (TPSA) is 41.8 Å². The molecule has 0 aromatic carbocycles. The maximum absolute atomic E-state index is 5.61. The predicted molar refractivity (Wildman–Crippen MR) is 50.6 cm³/mol. The maximum atomic E-state index is 5.61. The lowest BCUT2D eigenvalue weighted by molar-refractivity contribution is 0.546. The van der Waals surface area contributed by atoms with Gasteiger partial charge in [0.1, 0.15) is 17.3 Å². The average Bonchev–Trinajstić information content (AvgIpc) is 2.71. The van der Waals surface area contributed by atoms with E-state index in [2.05, 4.69) is 9.97 Å². The number of hydrogen-bond acceptors (Lipinski definition) is 2. The van der Waals surface area contributed by atoms with Crippen molar-refractivity contribution in [1.29, 1.82) is 0 Å². The molecule has 0 atom stereocenters. The van der Waals surface area contributed by atoms with Gasteiger partial charge < -0.3 is 9.40 Å². The number of H-pyrrole nitrogens is 1. The van der Waals surface area contributed by atoms with Gasteiger partial charge in [0.25, 0.3) is 0 Å². The summed E-state index contributed by atoms with van der Waals surface area (Å²) in [7, 11) is 0. The number of nitrogens with one attached hydrogen (secondary N) is 1. The number of hydrogen-bond donors (Lipinski definition) is 1. The molecule has 2 aromatic heterocycles. The van der Waals surface area contributed by atoms with Crippen LogP contribution in [0.25, 0.3) is 11.5 Å². The number of aromatic amines is 1. The molecule has 2 rings (SSSR count). The lowest BCUT2D eigenvalue weighted by Crippen LogP contribution is -1.79. The zero-order valence-corrected chi connectivity index (χ0v) is 7.93. The van der Waals surface area contributed by atoms with Crippen molar-refractivity contribution in [2.75, 3.05) is 0 Å². The minimum Gasteiger partial charge on any atom is -0.460 e. The van der Waals surface area contributed by atoms with Crippen LogP contribution < -0.4 is 0 Å². The summed E-state index contributed by atoms with van der Waals surface area (Å²) in [4.78, 5) is 7.13. The highest BCUT2D eigenvalue weighted by molar-refractivity contribution is 6.16. The molecule has 4 heteroatoms. The summed E-state index contributed by atoms with van der Waals surface area (Å²) in [6.45, 7) is 1.91. The third-order valence-corrected chi connectivity index (χ3v) is 2.01. The van der Waals surface area contributed by atoms with Crippen LogP contribution in [-0.2, 0) is 5.88 Å². The van der Waals surface area contributed by atoms with E-state index in [1.165, 1.54) is 0 Å². The number of aryl methyl sites for hydroxylation is 1. The van der Waals surface area contributed by atoms with Gasteiger partial charge in [-0.1, -0.05) is 0 Å². The van der Waals surface area contributed by atoms with E-state index in [0.29, 0.717) is 5.88 Å². The van der Waals surface area contributed by atoms with Gasteiger partial charge in [-0.25, -0.2) is 4.98 Å². The summed E-state index contributed by atoms with van der Waals surface area (Å²) in [5.74, 6) is 2.82. The Morgan fingerprint density at radius 2 is 2.38 bits per heavy atom. The van der Waals surface area contributed by atoms with Crippen molar-refractivity contribution in [1.82, 2.24) is 9.97 Å². The van der Waals surface area contributed by atoms with Crippen LogP contribution in [0.15, 0.2) is 22.7 Å². The first-order valence-corrected chi connectivity index (χ1v) is 4.49. The molecule has 68 valence electrons. The standard InChI is InChI=1S/C9H9ClN2O/c1-6-2-3-8(13-6)7-5-11-9(4-10)12-7/h2-3,5H,4H2,1H3,(H,11,12). The summed E-state index contributed by atoms with van der Waals surface area (Å²) in [5.41, 5.74) is 0.865. The Balaban J connectivity index is 2.35. The Morgan fingerprint density at radius 1 is 1.54 bits per heavy atom. The van der Waals surface area contributed by atoms with Crippen LogP contribution in [0.1, 0.15) is 11.6 Å². The molecule has 3 nitrogen and oxygen atoms in total. The highest BCUT2D eigenvalue weighted by atomic mass is 35.5. The minimum absolute atomic E-state index is 0.389. The van der Waals surface area contributed by atoms with Crippen molar-refractivity contribution in [3.63, 3.8) is 0 Å². The summed E-state index contributed by atoms with van der Waals surface area (Å²) in [6, 6.07) is 3.82. The molecule has 0 bridgehead atoms. The van der Waals surface area contributed by atoms with Gasteiger partial charge in [0, 0.05) is 0 Å². The van der Waals surface area contributed by atoms with Crippen LogP contribution in [0.5, 0.6) is 0 Å². The quantitative estimate of drug-likeness (QED) is 0.751. The minimum atomic E-state index is 0.389. The van der Waals surface area contributed by atoms with Gasteiger partial charge in [-0.2, -0.15) is 0 Å². The molecule has 2 aromatic rings. The molecule has 0 spiro atoms. The van der Waals surface area contributed by atoms with Crippen LogP contribution in [0, 0.1) is 6.92 Å². The smallest absolute Gasteiger partial charge is 0.152 e. The fourth-order valence-corrected chi connectivity index (χ4v) is 1.27. The van der Waals surface area contributed by atoms with Gasteiger partial charge in [0.2, 0.25) is 0 Å². The van der Waals surface area contributed by atoms with E-state index < -0.39 is 0 Å². The van der Waals surface area contributed by atoms with Gasteiger partial charge in [0.05, 0.1) is 12.1 Å². The predicted octanol–water partition coefficient (Wildman–Crippen LogP) is 2.72. The first kappa shape index (κ1) is 8.38. The molecule has 0 radical (unpaired) electrons. The molecular weight excluding hydrogens is 188 g/mol. The lowest BCUT2D eigenvalue weighted by atomic mass is 10.3. The number of furan rings is 1. The third kappa shape index (κ3) is 1.60. The van der Waals surface area contributed by atoms with E-state index in [0.717, 1.165) is 23.0 Å². The average molecular weight is 197 g/mol. The Bertz CT molecular complexity index is 405. The molecule has 1 N–H and O–H groups in total. The highest BCUT2D eigenvalue weighted by Gasteiger charge is 2.05. The second kappa shape index (κ2) is 3.26. The van der Waals surface area contributed by atoms with Crippen LogP contribution >= 0.6 is 11.6 Å². The first-order chi connectivity index (χ1) is 6.29. The Kier molecular flexibility index (Phi) is 2.10.